The van der Waals surface area contributed by atoms with Crippen LogP contribution in [-0.4, -0.2) is 22.4 Å². The Labute approximate surface area is 147 Å². The highest BCUT2D eigenvalue weighted by molar-refractivity contribution is 6.02. The Morgan fingerprint density at radius 3 is 2.56 bits per heavy atom. The van der Waals surface area contributed by atoms with Gasteiger partial charge in [0.2, 0.25) is 11.8 Å². The van der Waals surface area contributed by atoms with Crippen molar-refractivity contribution in [2.75, 3.05) is 4.90 Å². The number of aromatic nitrogens is 1. The van der Waals surface area contributed by atoms with Crippen molar-refractivity contribution in [3.05, 3.63) is 53.9 Å². The molecule has 1 aliphatic carbocycles. The van der Waals surface area contributed by atoms with E-state index in [9.17, 15) is 9.59 Å². The number of carbonyl (C=O) groups excluding carboxylic acids is 2. The van der Waals surface area contributed by atoms with Crippen LogP contribution in [0.5, 0.6) is 0 Å². The van der Waals surface area contributed by atoms with E-state index in [2.05, 4.69) is 5.32 Å². The molecule has 2 heterocycles. The van der Waals surface area contributed by atoms with Crippen molar-refractivity contribution >= 4 is 17.5 Å². The molecule has 2 aromatic rings. The molecule has 25 heavy (non-hydrogen) atoms. The Morgan fingerprint density at radius 2 is 1.84 bits per heavy atom. The molecule has 1 atom stereocenters. The fourth-order valence-electron chi connectivity index (χ4n) is 3.92. The summed E-state index contributed by atoms with van der Waals surface area (Å²) >= 11 is 0. The lowest BCUT2D eigenvalue weighted by atomic mass is 10.1. The summed E-state index contributed by atoms with van der Waals surface area (Å²) in [7, 11) is 0. The predicted molar refractivity (Wildman–Crippen MR) is 96.2 cm³/mol. The van der Waals surface area contributed by atoms with E-state index in [4.69, 9.17) is 0 Å². The first-order chi connectivity index (χ1) is 12.1. The molecule has 0 bridgehead atoms. The van der Waals surface area contributed by atoms with Gasteiger partial charge in [-0.05, 0) is 44.0 Å². The first kappa shape index (κ1) is 15.9. The predicted octanol–water partition coefficient (Wildman–Crippen LogP) is 2.94. The Hall–Kier alpha value is -2.56. The van der Waals surface area contributed by atoms with Gasteiger partial charge < -0.3 is 9.88 Å². The van der Waals surface area contributed by atoms with Gasteiger partial charge in [0.1, 0.15) is 6.54 Å². The number of amides is 2. The molecule has 130 valence electrons. The second kappa shape index (κ2) is 6.39. The molecule has 4 rings (SSSR count). The van der Waals surface area contributed by atoms with Crippen molar-refractivity contribution in [3.8, 4) is 0 Å². The van der Waals surface area contributed by atoms with Crippen molar-refractivity contribution in [2.24, 2.45) is 0 Å². The highest BCUT2D eigenvalue weighted by atomic mass is 16.2. The topological polar surface area (TPSA) is 54.3 Å². The largest absolute Gasteiger partial charge is 0.351 e. The Kier molecular flexibility index (Phi) is 4.07. The number of fused-ring (bicyclic) bond motifs is 1. The van der Waals surface area contributed by atoms with Gasteiger partial charge in [-0.25, -0.2) is 0 Å². The van der Waals surface area contributed by atoms with Gasteiger partial charge in [0, 0.05) is 17.9 Å². The molecule has 0 spiro atoms. The van der Waals surface area contributed by atoms with E-state index in [1.54, 1.807) is 4.90 Å². The van der Waals surface area contributed by atoms with Crippen LogP contribution in [0.1, 0.15) is 43.0 Å². The second-order valence-electron chi connectivity index (χ2n) is 7.05. The van der Waals surface area contributed by atoms with Crippen LogP contribution in [0.3, 0.4) is 0 Å². The minimum atomic E-state index is -0.612. The minimum absolute atomic E-state index is 0.0564. The summed E-state index contributed by atoms with van der Waals surface area (Å²) in [5.74, 6) is -0.139. The maximum absolute atomic E-state index is 13.1. The molecule has 0 unspecified atom stereocenters. The van der Waals surface area contributed by atoms with Crippen LogP contribution < -0.4 is 10.2 Å². The van der Waals surface area contributed by atoms with Gasteiger partial charge >= 0.3 is 0 Å². The molecule has 1 saturated carbocycles. The number of aryl methyl sites for hydroxylation is 1. The molecule has 1 aliphatic heterocycles. The number of hydrogen-bond donors (Lipinski definition) is 1. The summed E-state index contributed by atoms with van der Waals surface area (Å²) in [5.41, 5.74) is 2.77. The van der Waals surface area contributed by atoms with Gasteiger partial charge in [0.15, 0.2) is 6.04 Å². The lowest BCUT2D eigenvalue weighted by Gasteiger charge is -2.36. The zero-order valence-electron chi connectivity index (χ0n) is 14.4. The van der Waals surface area contributed by atoms with Crippen LogP contribution in [-0.2, 0) is 16.1 Å². The first-order valence-corrected chi connectivity index (χ1v) is 8.97. The molecule has 5 heteroatoms. The Balaban J connectivity index is 1.70. The van der Waals surface area contributed by atoms with Crippen LogP contribution in [0.2, 0.25) is 0 Å². The van der Waals surface area contributed by atoms with E-state index in [0.717, 1.165) is 42.6 Å². The molecule has 1 aromatic heterocycles. The van der Waals surface area contributed by atoms with Crippen LogP contribution >= 0.6 is 0 Å². The van der Waals surface area contributed by atoms with Crippen molar-refractivity contribution in [3.63, 3.8) is 0 Å². The zero-order valence-corrected chi connectivity index (χ0v) is 14.4. The zero-order chi connectivity index (χ0) is 17.4. The SMILES string of the molecule is Cc1ccc(N2C(=O)Cn3cccc3[C@H]2C(=O)NC2CCCC2)cc1. The fourth-order valence-corrected chi connectivity index (χ4v) is 3.92. The Bertz CT molecular complexity index is 788. The van der Waals surface area contributed by atoms with E-state index < -0.39 is 6.04 Å². The van der Waals surface area contributed by atoms with Crippen molar-refractivity contribution in [2.45, 2.75) is 51.2 Å². The van der Waals surface area contributed by atoms with Crippen LogP contribution in [0.25, 0.3) is 0 Å². The smallest absolute Gasteiger partial charge is 0.249 e. The maximum Gasteiger partial charge on any atom is 0.249 e. The van der Waals surface area contributed by atoms with E-state index in [1.165, 1.54) is 0 Å². The number of rotatable bonds is 3. The van der Waals surface area contributed by atoms with Crippen LogP contribution in [0.4, 0.5) is 5.69 Å². The molecular weight excluding hydrogens is 314 g/mol. The van der Waals surface area contributed by atoms with Gasteiger partial charge in [0.25, 0.3) is 0 Å². The lowest BCUT2D eigenvalue weighted by molar-refractivity contribution is -0.128. The first-order valence-electron chi connectivity index (χ1n) is 8.97. The van der Waals surface area contributed by atoms with Gasteiger partial charge in [-0.2, -0.15) is 0 Å². The molecule has 2 amide bonds. The van der Waals surface area contributed by atoms with Crippen molar-refractivity contribution < 1.29 is 9.59 Å². The molecule has 0 radical (unpaired) electrons. The molecule has 1 fully saturated rings. The summed E-state index contributed by atoms with van der Waals surface area (Å²) in [4.78, 5) is 27.6. The third-order valence-corrected chi connectivity index (χ3v) is 5.24. The maximum atomic E-state index is 13.1. The number of anilines is 1. The van der Waals surface area contributed by atoms with E-state index in [0.29, 0.717) is 0 Å². The van der Waals surface area contributed by atoms with Gasteiger partial charge in [-0.3, -0.25) is 14.5 Å². The molecule has 0 saturated heterocycles. The summed E-state index contributed by atoms with van der Waals surface area (Å²) < 4.78 is 1.88. The van der Waals surface area contributed by atoms with Gasteiger partial charge in [-0.1, -0.05) is 30.5 Å². The standard InChI is InChI=1S/C20H23N3O2/c1-14-8-10-16(11-9-14)23-18(24)13-22-12-4-7-17(22)19(23)20(25)21-15-5-2-3-6-15/h4,7-12,15,19H,2-3,5-6,13H2,1H3,(H,21,25)/t19-/m0/s1. The number of nitrogens with zero attached hydrogens (tertiary/aromatic N) is 2. The fraction of sp³-hybridized carbons (Fsp3) is 0.400. The molecule has 1 N–H and O–H groups in total. The summed E-state index contributed by atoms with van der Waals surface area (Å²) in [6.45, 7) is 2.28. The van der Waals surface area contributed by atoms with Crippen molar-refractivity contribution in [1.82, 2.24) is 9.88 Å². The summed E-state index contributed by atoms with van der Waals surface area (Å²) in [5, 5.41) is 3.16. The quantitative estimate of drug-likeness (QED) is 0.936. The molecule has 5 nitrogen and oxygen atoms in total. The van der Waals surface area contributed by atoms with E-state index >= 15 is 0 Å². The number of nitrogens with one attached hydrogen (secondary N) is 1. The minimum Gasteiger partial charge on any atom is -0.351 e. The molecule has 1 aromatic carbocycles. The number of benzene rings is 1. The number of carbonyl (C=O) groups is 2. The van der Waals surface area contributed by atoms with Crippen molar-refractivity contribution in [1.29, 1.82) is 0 Å². The summed E-state index contributed by atoms with van der Waals surface area (Å²) in [6.07, 6.45) is 6.24. The van der Waals surface area contributed by atoms with E-state index in [1.807, 2.05) is 54.1 Å². The second-order valence-corrected chi connectivity index (χ2v) is 7.05. The lowest BCUT2D eigenvalue weighted by Crippen LogP contribution is -2.50. The number of hydrogen-bond acceptors (Lipinski definition) is 2. The van der Waals surface area contributed by atoms with Crippen LogP contribution in [0, 0.1) is 6.92 Å². The molecule has 2 aliphatic rings. The Morgan fingerprint density at radius 1 is 1.12 bits per heavy atom. The summed E-state index contributed by atoms with van der Waals surface area (Å²) in [6, 6.07) is 11.2. The monoisotopic (exact) mass is 337 g/mol. The van der Waals surface area contributed by atoms with Crippen LogP contribution in [0.15, 0.2) is 42.6 Å². The third-order valence-electron chi connectivity index (χ3n) is 5.24. The highest BCUT2D eigenvalue weighted by Gasteiger charge is 2.39. The molecular formula is C20H23N3O2. The highest BCUT2D eigenvalue weighted by Crippen LogP contribution is 2.33. The van der Waals surface area contributed by atoms with Gasteiger partial charge in [-0.15, -0.1) is 0 Å². The van der Waals surface area contributed by atoms with E-state index in [-0.39, 0.29) is 24.4 Å². The average Bonchev–Trinajstić information content (AvgIpc) is 3.26. The normalized spacial score (nSPS) is 20.6. The average molecular weight is 337 g/mol. The van der Waals surface area contributed by atoms with Gasteiger partial charge in [0.05, 0.1) is 5.69 Å². The third kappa shape index (κ3) is 2.95.